The van der Waals surface area contributed by atoms with Crippen molar-refractivity contribution >= 4 is 17.6 Å². The normalized spacial score (nSPS) is 14.0. The van der Waals surface area contributed by atoms with E-state index in [1.165, 1.54) is 6.07 Å². The molecule has 9 nitrogen and oxygen atoms in total. The van der Waals surface area contributed by atoms with Gasteiger partial charge in [0.2, 0.25) is 0 Å². The van der Waals surface area contributed by atoms with Crippen LogP contribution < -0.4 is 14.8 Å². The second-order valence-electron chi connectivity index (χ2n) is 5.18. The van der Waals surface area contributed by atoms with Gasteiger partial charge in [-0.1, -0.05) is 6.92 Å². The minimum atomic E-state index is -0.975. The molecule has 1 aromatic rings. The summed E-state index contributed by atoms with van der Waals surface area (Å²) in [6, 6.07) is 2.42. The number of nitro benzene ring substituents is 1. The summed E-state index contributed by atoms with van der Waals surface area (Å²) < 4.78 is 10.6. The molecule has 9 heteroatoms. The Kier molecular flexibility index (Phi) is 4.99. The van der Waals surface area contributed by atoms with E-state index in [0.29, 0.717) is 6.61 Å². The average molecular weight is 324 g/mol. The van der Waals surface area contributed by atoms with Crippen molar-refractivity contribution in [1.29, 1.82) is 0 Å². The summed E-state index contributed by atoms with van der Waals surface area (Å²) in [5, 5.41) is 22.3. The van der Waals surface area contributed by atoms with Gasteiger partial charge in [0.15, 0.2) is 11.5 Å². The van der Waals surface area contributed by atoms with Crippen LogP contribution in [-0.4, -0.2) is 41.7 Å². The van der Waals surface area contributed by atoms with Crippen molar-refractivity contribution in [3.05, 3.63) is 27.8 Å². The lowest BCUT2D eigenvalue weighted by Gasteiger charge is -2.19. The summed E-state index contributed by atoms with van der Waals surface area (Å²) in [6.45, 7) is 2.33. The SMILES string of the molecule is CC(CNC(=O)c1cc2c(cc1[N+](=O)[O-])OCCO2)CC(=O)O. The van der Waals surface area contributed by atoms with Gasteiger partial charge in [0.1, 0.15) is 18.8 Å². The molecule has 0 radical (unpaired) electrons. The number of nitro groups is 1. The third-order valence-electron chi connectivity index (χ3n) is 3.24. The lowest BCUT2D eigenvalue weighted by molar-refractivity contribution is -0.385. The van der Waals surface area contributed by atoms with Crippen molar-refractivity contribution in [3.8, 4) is 11.5 Å². The average Bonchev–Trinajstić information content (AvgIpc) is 2.50. The molecule has 1 aliphatic heterocycles. The zero-order valence-electron chi connectivity index (χ0n) is 12.4. The summed E-state index contributed by atoms with van der Waals surface area (Å²) in [5.41, 5.74) is -0.542. The summed E-state index contributed by atoms with van der Waals surface area (Å²) in [6.07, 6.45) is -0.108. The first-order valence-corrected chi connectivity index (χ1v) is 6.96. The first-order valence-electron chi connectivity index (χ1n) is 6.96. The number of amides is 1. The summed E-state index contributed by atoms with van der Waals surface area (Å²) >= 11 is 0. The van der Waals surface area contributed by atoms with E-state index in [2.05, 4.69) is 5.32 Å². The molecule has 0 aliphatic carbocycles. The second-order valence-corrected chi connectivity index (χ2v) is 5.18. The topological polar surface area (TPSA) is 128 Å². The van der Waals surface area contributed by atoms with E-state index in [1.807, 2.05) is 0 Å². The maximum atomic E-state index is 12.2. The molecule has 0 fully saturated rings. The van der Waals surface area contributed by atoms with Crippen LogP contribution in [0.5, 0.6) is 11.5 Å². The van der Waals surface area contributed by atoms with E-state index in [4.69, 9.17) is 14.6 Å². The lowest BCUT2D eigenvalue weighted by atomic mass is 10.1. The van der Waals surface area contributed by atoms with Gasteiger partial charge in [-0.15, -0.1) is 0 Å². The van der Waals surface area contributed by atoms with Crippen LogP contribution >= 0.6 is 0 Å². The molecule has 0 spiro atoms. The molecule has 1 aliphatic rings. The molecule has 1 amide bonds. The van der Waals surface area contributed by atoms with Gasteiger partial charge in [0, 0.05) is 19.0 Å². The highest BCUT2D eigenvalue weighted by Gasteiger charge is 2.26. The van der Waals surface area contributed by atoms with Crippen molar-refractivity contribution < 1.29 is 29.1 Å². The van der Waals surface area contributed by atoms with Crippen LogP contribution in [0.25, 0.3) is 0 Å². The van der Waals surface area contributed by atoms with Crippen molar-refractivity contribution in [3.63, 3.8) is 0 Å². The Hall–Kier alpha value is -2.84. The Morgan fingerprint density at radius 1 is 1.35 bits per heavy atom. The predicted molar refractivity (Wildman–Crippen MR) is 77.8 cm³/mol. The third kappa shape index (κ3) is 4.09. The van der Waals surface area contributed by atoms with E-state index in [-0.39, 0.29) is 42.6 Å². The van der Waals surface area contributed by atoms with Gasteiger partial charge in [-0.3, -0.25) is 19.7 Å². The Morgan fingerprint density at radius 2 is 1.96 bits per heavy atom. The number of rotatable bonds is 6. The molecular formula is C14H16N2O7. The minimum Gasteiger partial charge on any atom is -0.486 e. The van der Waals surface area contributed by atoms with Crippen molar-refractivity contribution in [2.24, 2.45) is 5.92 Å². The van der Waals surface area contributed by atoms with E-state index in [1.54, 1.807) is 6.92 Å². The zero-order valence-corrected chi connectivity index (χ0v) is 12.4. The van der Waals surface area contributed by atoms with Gasteiger partial charge in [-0.05, 0) is 5.92 Å². The molecule has 1 aromatic carbocycles. The highest BCUT2D eigenvalue weighted by Crippen LogP contribution is 2.36. The van der Waals surface area contributed by atoms with Gasteiger partial charge >= 0.3 is 5.97 Å². The van der Waals surface area contributed by atoms with Gasteiger partial charge in [0.25, 0.3) is 11.6 Å². The van der Waals surface area contributed by atoms with Crippen LogP contribution in [0.2, 0.25) is 0 Å². The van der Waals surface area contributed by atoms with Crippen LogP contribution in [0.3, 0.4) is 0 Å². The fourth-order valence-corrected chi connectivity index (χ4v) is 2.14. The largest absolute Gasteiger partial charge is 0.486 e. The van der Waals surface area contributed by atoms with Crippen molar-refractivity contribution in [1.82, 2.24) is 5.32 Å². The number of ether oxygens (including phenoxy) is 2. The van der Waals surface area contributed by atoms with Crippen molar-refractivity contribution in [2.45, 2.75) is 13.3 Å². The number of carbonyl (C=O) groups excluding carboxylic acids is 1. The van der Waals surface area contributed by atoms with E-state index < -0.39 is 22.5 Å². The quantitative estimate of drug-likeness (QED) is 0.594. The second kappa shape index (κ2) is 6.95. The monoisotopic (exact) mass is 324 g/mol. The molecular weight excluding hydrogens is 308 g/mol. The van der Waals surface area contributed by atoms with Gasteiger partial charge in [-0.2, -0.15) is 0 Å². The van der Waals surface area contributed by atoms with Gasteiger partial charge in [-0.25, -0.2) is 0 Å². The molecule has 23 heavy (non-hydrogen) atoms. The Balaban J connectivity index is 2.18. The molecule has 1 heterocycles. The predicted octanol–water partition coefficient (Wildman–Crippen LogP) is 1.21. The van der Waals surface area contributed by atoms with Crippen LogP contribution in [0.1, 0.15) is 23.7 Å². The van der Waals surface area contributed by atoms with E-state index in [9.17, 15) is 19.7 Å². The Labute approximate surface area is 131 Å². The number of carboxylic acids is 1. The van der Waals surface area contributed by atoms with E-state index in [0.717, 1.165) is 6.07 Å². The van der Waals surface area contributed by atoms with Crippen LogP contribution in [0.15, 0.2) is 12.1 Å². The molecule has 2 N–H and O–H groups in total. The smallest absolute Gasteiger partial charge is 0.303 e. The number of benzene rings is 1. The maximum absolute atomic E-state index is 12.2. The highest BCUT2D eigenvalue weighted by atomic mass is 16.6. The molecule has 1 atom stereocenters. The minimum absolute atomic E-state index is 0.0940. The molecule has 2 rings (SSSR count). The number of nitrogens with zero attached hydrogens (tertiary/aromatic N) is 1. The van der Waals surface area contributed by atoms with Gasteiger partial charge < -0.3 is 19.9 Å². The standard InChI is InChI=1S/C14H16N2O7/c1-8(4-13(17)18)7-15-14(19)9-5-11-12(23-3-2-22-11)6-10(9)16(20)21/h5-6,8H,2-4,7H2,1H3,(H,15,19)(H,17,18). The number of carbonyl (C=O) groups is 2. The summed E-state index contributed by atoms with van der Waals surface area (Å²) in [7, 11) is 0. The van der Waals surface area contributed by atoms with E-state index >= 15 is 0 Å². The fourth-order valence-electron chi connectivity index (χ4n) is 2.14. The summed E-state index contributed by atoms with van der Waals surface area (Å²) in [4.78, 5) is 33.3. The summed E-state index contributed by atoms with van der Waals surface area (Å²) in [5.74, 6) is -1.44. The molecule has 0 bridgehead atoms. The highest BCUT2D eigenvalue weighted by molar-refractivity contribution is 5.99. The van der Waals surface area contributed by atoms with Crippen molar-refractivity contribution in [2.75, 3.05) is 19.8 Å². The third-order valence-corrected chi connectivity index (χ3v) is 3.24. The number of hydrogen-bond acceptors (Lipinski definition) is 6. The van der Waals surface area contributed by atoms with Crippen LogP contribution in [-0.2, 0) is 4.79 Å². The van der Waals surface area contributed by atoms with Gasteiger partial charge in [0.05, 0.1) is 11.0 Å². The first kappa shape index (κ1) is 16.5. The number of carboxylic acid groups (broad SMARTS) is 1. The molecule has 0 saturated heterocycles. The Morgan fingerprint density at radius 3 is 2.52 bits per heavy atom. The van der Waals surface area contributed by atoms with Crippen LogP contribution in [0, 0.1) is 16.0 Å². The molecule has 1 unspecified atom stereocenters. The number of hydrogen-bond donors (Lipinski definition) is 2. The van der Waals surface area contributed by atoms with Crippen LogP contribution in [0.4, 0.5) is 5.69 Å². The lowest BCUT2D eigenvalue weighted by Crippen LogP contribution is -2.30. The Bertz CT molecular complexity index is 644. The fraction of sp³-hybridized carbons (Fsp3) is 0.429. The number of fused-ring (bicyclic) bond motifs is 1. The maximum Gasteiger partial charge on any atom is 0.303 e. The zero-order chi connectivity index (χ0) is 17.0. The molecule has 124 valence electrons. The number of nitrogens with one attached hydrogen (secondary N) is 1. The first-order chi connectivity index (χ1) is 10.9. The molecule has 0 aromatic heterocycles. The molecule has 0 saturated carbocycles. The number of aliphatic carboxylic acids is 1.